The lowest BCUT2D eigenvalue weighted by Gasteiger charge is -2.16. The summed E-state index contributed by atoms with van der Waals surface area (Å²) < 4.78 is 0. The summed E-state index contributed by atoms with van der Waals surface area (Å²) in [7, 11) is 0. The lowest BCUT2D eigenvalue weighted by molar-refractivity contribution is 0.590. The van der Waals surface area contributed by atoms with Gasteiger partial charge in [-0.25, -0.2) is 0 Å². The van der Waals surface area contributed by atoms with Crippen LogP contribution in [-0.4, -0.2) is 5.48 Å². The molecule has 1 N–H and O–H groups in total. The van der Waals surface area contributed by atoms with E-state index >= 15 is 0 Å². The molecule has 0 atom stereocenters. The van der Waals surface area contributed by atoms with Gasteiger partial charge in [-0.05, 0) is 19.1 Å². The Kier molecular flexibility index (Phi) is 4.66. The highest BCUT2D eigenvalue weighted by molar-refractivity contribution is 7.12. The van der Waals surface area contributed by atoms with Gasteiger partial charge >= 0.3 is 0 Å². The molecule has 0 saturated heterocycles. The highest BCUT2D eigenvalue weighted by Crippen LogP contribution is 2.35. The monoisotopic (exact) mass is 240 g/mol. The van der Waals surface area contributed by atoms with E-state index in [0.29, 0.717) is 0 Å². The van der Waals surface area contributed by atoms with Crippen LogP contribution in [-0.2, 0) is 10.8 Å². The predicted octanol–water partition coefficient (Wildman–Crippen LogP) is 4.76. The van der Waals surface area contributed by atoms with E-state index in [2.05, 4.69) is 60.6 Å². The molecular weight excluding hydrogens is 216 g/mol. The Balaban J connectivity index is 0.00000225. The van der Waals surface area contributed by atoms with Crippen LogP contribution in [0.4, 0.5) is 0 Å². The Labute approximate surface area is 104 Å². The van der Waals surface area contributed by atoms with Crippen LogP contribution in [0.1, 0.15) is 56.9 Å². The second-order valence-corrected chi connectivity index (χ2v) is 7.36. The van der Waals surface area contributed by atoms with Gasteiger partial charge in [0.1, 0.15) is 0 Å². The number of hydrogen-bond donors (Lipinski definition) is 0. The normalized spacial score (nSPS) is 12.2. The maximum absolute atomic E-state index is 2.29. The molecule has 0 aromatic carbocycles. The molecule has 0 aliphatic rings. The van der Waals surface area contributed by atoms with Gasteiger partial charge in [-0.2, -0.15) is 0 Å². The van der Waals surface area contributed by atoms with Gasteiger partial charge in [-0.15, -0.1) is 0 Å². The third kappa shape index (κ3) is 3.53. The fourth-order valence-corrected chi connectivity index (χ4v) is 2.85. The molecule has 1 aromatic heterocycles. The van der Waals surface area contributed by atoms with Crippen LogP contribution in [0, 0.1) is 6.92 Å². The molecule has 92 valence electrons. The Hall–Kier alpha value is -0.470. The maximum Gasteiger partial charge on any atom is 0.219 e. The fraction of sp³-hybridized carbons (Fsp3) is 0.643. The summed E-state index contributed by atoms with van der Waals surface area (Å²) in [6.45, 7) is 15.9. The van der Waals surface area contributed by atoms with Crippen LogP contribution < -0.4 is 0 Å². The summed E-state index contributed by atoms with van der Waals surface area (Å²) in [5.74, 6) is 0. The van der Waals surface area contributed by atoms with Crippen LogP contribution in [0.25, 0.3) is 0 Å². The molecule has 0 saturated carbocycles. The largest absolute Gasteiger partial charge is 0.870 e. The van der Waals surface area contributed by atoms with Crippen LogP contribution in [0.3, 0.4) is 0 Å². The van der Waals surface area contributed by atoms with Gasteiger partial charge in [0.15, 0.2) is 0 Å². The third-order valence-corrected chi connectivity index (χ3v) is 4.58. The molecule has 0 radical (unpaired) electrons. The summed E-state index contributed by atoms with van der Waals surface area (Å²) >= 11 is 1.96. The van der Waals surface area contributed by atoms with Crippen molar-refractivity contribution in [3.8, 4) is 0 Å². The molecule has 1 rings (SSSR count). The van der Waals surface area contributed by atoms with Crippen molar-refractivity contribution in [3.63, 3.8) is 0 Å². The molecule has 16 heavy (non-hydrogen) atoms. The number of rotatable bonds is 0. The second kappa shape index (κ2) is 4.80. The van der Waals surface area contributed by atoms with Gasteiger partial charge < -0.3 is 5.48 Å². The first kappa shape index (κ1) is 15.5. The zero-order chi connectivity index (χ0) is 11.9. The van der Waals surface area contributed by atoms with Gasteiger partial charge in [0, 0.05) is 16.4 Å². The van der Waals surface area contributed by atoms with Crippen molar-refractivity contribution >= 4 is 11.3 Å². The van der Waals surface area contributed by atoms with Crippen molar-refractivity contribution in [2.45, 2.75) is 59.3 Å². The lowest BCUT2D eigenvalue weighted by atomic mass is 9.91. The van der Waals surface area contributed by atoms with E-state index in [1.54, 1.807) is 0 Å². The van der Waals surface area contributed by atoms with Crippen LogP contribution >= 0.6 is 11.3 Å². The van der Waals surface area contributed by atoms with E-state index in [9.17, 15) is 0 Å². The van der Waals surface area contributed by atoms with Gasteiger partial charge in [0.05, 0.1) is 0 Å². The van der Waals surface area contributed by atoms with Crippen molar-refractivity contribution in [2.24, 2.45) is 0 Å². The molecular formula is C14H24OS. The summed E-state index contributed by atoms with van der Waals surface area (Å²) in [4.78, 5) is 2.98. The number of hydrogen-bond acceptors (Lipinski definition) is 1. The Morgan fingerprint density at radius 3 is 1.75 bits per heavy atom. The molecule has 0 aliphatic carbocycles. The van der Waals surface area contributed by atoms with Crippen LogP contribution in [0.15, 0.2) is 12.1 Å². The first-order valence-electron chi connectivity index (χ1n) is 5.57. The zero-order valence-corrected chi connectivity index (χ0v) is 12.3. The molecule has 1 nitrogen and oxygen atoms in total. The van der Waals surface area contributed by atoms with Crippen LogP contribution in [0.5, 0.6) is 0 Å². The Bertz CT molecular complexity index is 356. The van der Waals surface area contributed by atoms with Crippen molar-refractivity contribution in [3.05, 3.63) is 27.5 Å². The summed E-state index contributed by atoms with van der Waals surface area (Å²) in [5.41, 5.74) is 1.94. The zero-order valence-electron chi connectivity index (χ0n) is 11.5. The van der Waals surface area contributed by atoms with E-state index < -0.39 is 0 Å². The minimum absolute atomic E-state index is 0. The van der Waals surface area contributed by atoms with Gasteiger partial charge in [0.25, 0.3) is 0 Å². The average molecular weight is 240 g/mol. The first-order valence-corrected chi connectivity index (χ1v) is 6.39. The molecule has 0 unspecified atom stereocenters. The predicted molar refractivity (Wildman–Crippen MR) is 72.8 cm³/mol. The third-order valence-electron chi connectivity index (χ3n) is 2.48. The molecule has 2 heteroatoms. The van der Waals surface area contributed by atoms with E-state index in [4.69, 9.17) is 0 Å². The first-order chi connectivity index (χ1) is 6.62. The Morgan fingerprint density at radius 1 is 0.875 bits per heavy atom. The number of aryl methyl sites for hydroxylation is 1. The van der Waals surface area contributed by atoms with E-state index in [-0.39, 0.29) is 16.3 Å². The molecule has 0 spiro atoms. The smallest absolute Gasteiger partial charge is 0.219 e. The van der Waals surface area contributed by atoms with Crippen molar-refractivity contribution in [1.29, 1.82) is 0 Å². The summed E-state index contributed by atoms with van der Waals surface area (Å²) in [5, 5.41) is 0. The van der Waals surface area contributed by atoms with Gasteiger partial charge in [-0.1, -0.05) is 41.5 Å². The fourth-order valence-electron chi connectivity index (χ4n) is 1.65. The van der Waals surface area contributed by atoms with Gasteiger partial charge in [-0.3, -0.25) is 0 Å². The summed E-state index contributed by atoms with van der Waals surface area (Å²) in [6.07, 6.45) is 0. The maximum atomic E-state index is 2.29. The van der Waals surface area contributed by atoms with Crippen molar-refractivity contribution in [1.82, 2.24) is 0 Å². The molecule has 0 bridgehead atoms. The highest BCUT2D eigenvalue weighted by atomic mass is 32.1. The minimum atomic E-state index is 0. The van der Waals surface area contributed by atoms with Gasteiger partial charge in [0.2, 0.25) is 21.1 Å². The van der Waals surface area contributed by atoms with E-state index in [1.165, 1.54) is 15.3 Å². The second-order valence-electron chi connectivity index (χ2n) is 6.31. The van der Waals surface area contributed by atoms with E-state index in [1.807, 2.05) is 11.3 Å². The summed E-state index contributed by atoms with van der Waals surface area (Å²) in [6, 6.07) is 4.53. The molecule has 1 heterocycles. The lowest BCUT2D eigenvalue weighted by Crippen LogP contribution is -2.15. The highest BCUT2D eigenvalue weighted by Gasteiger charge is 2.32. The molecule has 0 amide bonds. The molecule has 0 aliphatic heterocycles. The quantitative estimate of drug-likeness (QED) is 0.601. The average Bonchev–Trinajstić information content (AvgIpc) is 2.00. The topological polar surface area (TPSA) is 30.0 Å². The molecule has 0 fully saturated rings. The van der Waals surface area contributed by atoms with Crippen molar-refractivity contribution < 1.29 is 5.48 Å². The SMILES string of the molecule is Cc1ccc(C(C)(C)C)[s+]c1C(C)(C)C.[OH-]. The van der Waals surface area contributed by atoms with E-state index in [0.717, 1.165) is 0 Å². The molecule has 1 aromatic rings. The Morgan fingerprint density at radius 2 is 1.38 bits per heavy atom. The minimum Gasteiger partial charge on any atom is -0.870 e. The van der Waals surface area contributed by atoms with Crippen molar-refractivity contribution in [2.75, 3.05) is 0 Å². The van der Waals surface area contributed by atoms with Crippen LogP contribution in [0.2, 0.25) is 0 Å². The standard InChI is InChI=1S/C14H23S.H2O/c1-10-8-9-11(13(2,3)4)15-12(10)14(5,6)7;/h8-9H,1-7H3;1H2/q+1;/p-1.